The van der Waals surface area contributed by atoms with Gasteiger partial charge >= 0.3 is 6.18 Å². The largest absolute Gasteiger partial charge is 0.411 e. The Hall–Kier alpha value is -2.39. The average Bonchev–Trinajstić information content (AvgIpc) is 2.67. The molecule has 5 nitrogen and oxygen atoms in total. The number of rotatable bonds is 11. The molecule has 30 heavy (non-hydrogen) atoms. The first-order chi connectivity index (χ1) is 14.1. The topological polar surface area (TPSA) is 72.5 Å². The zero-order chi connectivity index (χ0) is 22.0. The monoisotopic (exact) mass is 443 g/mol. The third-order valence-corrected chi connectivity index (χ3v) is 5.77. The first-order valence-electron chi connectivity index (χ1n) is 9.36. The van der Waals surface area contributed by atoms with Crippen LogP contribution in [0.25, 0.3) is 0 Å². The molecule has 2 aromatic carbocycles. The second-order valence-electron chi connectivity index (χ2n) is 6.88. The number of ether oxygens (including phenoxy) is 1. The van der Waals surface area contributed by atoms with Crippen molar-refractivity contribution < 1.29 is 31.1 Å². The molecule has 164 valence electrons. The fourth-order valence-corrected chi connectivity index (χ4v) is 3.93. The molecule has 9 heteroatoms. The Kier molecular flexibility index (Phi) is 8.86. The molecule has 0 heterocycles. The number of amides is 1. The van der Waals surface area contributed by atoms with Crippen molar-refractivity contribution in [2.24, 2.45) is 0 Å². The lowest BCUT2D eigenvalue weighted by molar-refractivity contribution is -0.176. The molecule has 0 aliphatic carbocycles. The highest BCUT2D eigenvalue weighted by Gasteiger charge is 2.27. The molecule has 0 saturated carbocycles. The first-order valence-corrected chi connectivity index (χ1v) is 11.2. The molecule has 1 amide bonds. The van der Waals surface area contributed by atoms with Crippen molar-refractivity contribution in [1.29, 1.82) is 0 Å². The minimum Gasteiger partial charge on any atom is -0.367 e. The van der Waals surface area contributed by atoms with Crippen LogP contribution in [-0.2, 0) is 38.9 Å². The fraction of sp³-hybridized carbons (Fsp3) is 0.381. The summed E-state index contributed by atoms with van der Waals surface area (Å²) in [6, 6.07) is 16.0. The van der Waals surface area contributed by atoms with Gasteiger partial charge in [0.1, 0.15) is 12.4 Å². The van der Waals surface area contributed by atoms with Crippen LogP contribution in [0.4, 0.5) is 13.2 Å². The minimum absolute atomic E-state index is 0.0675. The van der Waals surface area contributed by atoms with Crippen LogP contribution in [0.5, 0.6) is 0 Å². The Labute approximate surface area is 174 Å². The number of alkyl halides is 3. The summed E-state index contributed by atoms with van der Waals surface area (Å²) < 4.78 is 64.9. The maximum atomic E-state index is 12.1. The fourth-order valence-electron chi connectivity index (χ4n) is 2.70. The summed E-state index contributed by atoms with van der Waals surface area (Å²) in [5, 5.41) is 2.55. The molecule has 2 rings (SSSR count). The van der Waals surface area contributed by atoms with Crippen molar-refractivity contribution in [2.75, 3.05) is 18.1 Å². The average molecular weight is 443 g/mol. The van der Waals surface area contributed by atoms with E-state index in [9.17, 15) is 26.4 Å². The number of sulfone groups is 1. The van der Waals surface area contributed by atoms with Gasteiger partial charge in [-0.15, -0.1) is 0 Å². The van der Waals surface area contributed by atoms with Gasteiger partial charge in [0.05, 0.1) is 12.4 Å². The number of hydrogen-bond acceptors (Lipinski definition) is 4. The van der Waals surface area contributed by atoms with Gasteiger partial charge in [0.15, 0.2) is 9.84 Å². The van der Waals surface area contributed by atoms with E-state index in [1.807, 2.05) is 30.3 Å². The molecule has 0 aliphatic rings. The van der Waals surface area contributed by atoms with Crippen LogP contribution in [0.2, 0.25) is 0 Å². The van der Waals surface area contributed by atoms with Gasteiger partial charge in [-0.05, 0) is 29.5 Å². The van der Waals surface area contributed by atoms with E-state index in [1.54, 1.807) is 24.3 Å². The summed E-state index contributed by atoms with van der Waals surface area (Å²) >= 11 is 0. The summed E-state index contributed by atoms with van der Waals surface area (Å²) in [5.41, 5.74) is 2.31. The second-order valence-corrected chi connectivity index (χ2v) is 9.07. The lowest BCUT2D eigenvalue weighted by atomic mass is 10.1. The predicted octanol–water partition coefficient (Wildman–Crippen LogP) is 3.43. The highest BCUT2D eigenvalue weighted by Crippen LogP contribution is 2.16. The van der Waals surface area contributed by atoms with Crippen LogP contribution < -0.4 is 5.32 Å². The molecule has 0 atom stereocenters. The van der Waals surface area contributed by atoms with Gasteiger partial charge in [-0.3, -0.25) is 4.79 Å². The first kappa shape index (κ1) is 23.9. The van der Waals surface area contributed by atoms with E-state index in [1.165, 1.54) is 0 Å². The van der Waals surface area contributed by atoms with E-state index in [2.05, 4.69) is 10.1 Å². The Bertz CT molecular complexity index is 898. The predicted molar refractivity (Wildman–Crippen MR) is 107 cm³/mol. The Morgan fingerprint density at radius 3 is 2.20 bits per heavy atom. The normalized spacial score (nSPS) is 12.0. The third kappa shape index (κ3) is 9.89. The lowest BCUT2D eigenvalue weighted by Gasteiger charge is -2.09. The van der Waals surface area contributed by atoms with E-state index in [-0.39, 0.29) is 18.9 Å². The molecular weight excluding hydrogens is 419 g/mol. The summed E-state index contributed by atoms with van der Waals surface area (Å²) in [5.74, 6) is -1.24. The van der Waals surface area contributed by atoms with Crippen LogP contribution in [-0.4, -0.2) is 38.6 Å². The molecule has 0 saturated heterocycles. The van der Waals surface area contributed by atoms with Crippen molar-refractivity contribution in [1.82, 2.24) is 5.32 Å². The van der Waals surface area contributed by atoms with E-state index >= 15 is 0 Å². The van der Waals surface area contributed by atoms with Gasteiger partial charge in [0.2, 0.25) is 5.91 Å². The summed E-state index contributed by atoms with van der Waals surface area (Å²) in [6.45, 7) is -1.36. The van der Waals surface area contributed by atoms with Crippen molar-refractivity contribution in [2.45, 2.75) is 32.2 Å². The van der Waals surface area contributed by atoms with E-state index in [0.29, 0.717) is 24.0 Å². The number of carbonyl (C=O) groups excluding carboxylic acids is 1. The van der Waals surface area contributed by atoms with Crippen LogP contribution in [0.3, 0.4) is 0 Å². The van der Waals surface area contributed by atoms with Gasteiger partial charge in [0, 0.05) is 6.54 Å². The maximum absolute atomic E-state index is 12.1. The smallest absolute Gasteiger partial charge is 0.367 e. The van der Waals surface area contributed by atoms with Gasteiger partial charge in [-0.2, -0.15) is 13.2 Å². The zero-order valence-electron chi connectivity index (χ0n) is 16.3. The van der Waals surface area contributed by atoms with Crippen molar-refractivity contribution in [3.05, 3.63) is 71.3 Å². The minimum atomic E-state index is -4.37. The molecule has 1 N–H and O–H groups in total. The molecule has 0 aromatic heterocycles. The highest BCUT2D eigenvalue weighted by molar-refractivity contribution is 7.92. The number of benzene rings is 2. The maximum Gasteiger partial charge on any atom is 0.411 e. The quantitative estimate of drug-likeness (QED) is 0.578. The van der Waals surface area contributed by atoms with E-state index < -0.39 is 34.3 Å². The van der Waals surface area contributed by atoms with Crippen LogP contribution in [0.15, 0.2) is 54.6 Å². The van der Waals surface area contributed by atoms with Gasteiger partial charge < -0.3 is 10.1 Å². The van der Waals surface area contributed by atoms with E-state index in [0.717, 1.165) is 5.56 Å². The van der Waals surface area contributed by atoms with Gasteiger partial charge in [-0.1, -0.05) is 54.6 Å². The number of hydrogen-bond donors (Lipinski definition) is 1. The lowest BCUT2D eigenvalue weighted by Crippen LogP contribution is -2.31. The molecule has 2 aromatic rings. The second kappa shape index (κ2) is 11.1. The van der Waals surface area contributed by atoms with E-state index in [4.69, 9.17) is 0 Å². The number of aryl methyl sites for hydroxylation is 1. The molecule has 0 unspecified atom stereocenters. The molecule has 0 fully saturated rings. The Morgan fingerprint density at radius 1 is 0.933 bits per heavy atom. The molecule has 0 aliphatic heterocycles. The standard InChI is InChI=1S/C21H24F3NO4S/c22-21(23,24)16-29-14-19-10-8-18(9-11-19)13-25-20(26)15-30(27,28)12-4-7-17-5-2-1-3-6-17/h1-3,5-6,8-11H,4,7,12-16H2,(H,25,26). The third-order valence-electron chi connectivity index (χ3n) is 4.16. The summed E-state index contributed by atoms with van der Waals surface area (Å²) in [7, 11) is -3.50. The zero-order valence-corrected chi connectivity index (χ0v) is 17.1. The van der Waals surface area contributed by atoms with Crippen LogP contribution in [0.1, 0.15) is 23.1 Å². The van der Waals surface area contributed by atoms with Crippen molar-refractivity contribution >= 4 is 15.7 Å². The number of halogens is 3. The number of nitrogens with one attached hydrogen (secondary N) is 1. The summed E-state index contributed by atoms with van der Waals surface area (Å²) in [4.78, 5) is 12.0. The van der Waals surface area contributed by atoms with Crippen molar-refractivity contribution in [3.8, 4) is 0 Å². The van der Waals surface area contributed by atoms with Gasteiger partial charge in [-0.25, -0.2) is 8.42 Å². The molecule has 0 spiro atoms. The summed E-state index contributed by atoms with van der Waals surface area (Å²) in [6.07, 6.45) is -3.30. The molecule has 0 radical (unpaired) electrons. The Balaban J connectivity index is 1.70. The van der Waals surface area contributed by atoms with Crippen LogP contribution >= 0.6 is 0 Å². The Morgan fingerprint density at radius 2 is 1.57 bits per heavy atom. The molecule has 0 bridgehead atoms. The van der Waals surface area contributed by atoms with Crippen LogP contribution in [0, 0.1) is 0 Å². The highest BCUT2D eigenvalue weighted by atomic mass is 32.2. The SMILES string of the molecule is O=C(CS(=O)(=O)CCCc1ccccc1)NCc1ccc(COCC(F)(F)F)cc1. The van der Waals surface area contributed by atoms with Crippen molar-refractivity contribution in [3.63, 3.8) is 0 Å². The molecular formula is C21H24F3NO4S. The number of carbonyl (C=O) groups is 1. The van der Waals surface area contributed by atoms with Gasteiger partial charge in [0.25, 0.3) is 0 Å².